The van der Waals surface area contributed by atoms with Gasteiger partial charge >= 0.3 is 0 Å². The lowest BCUT2D eigenvalue weighted by atomic mass is 9.96. The Labute approximate surface area is 158 Å². The molecule has 0 unspecified atom stereocenters. The summed E-state index contributed by atoms with van der Waals surface area (Å²) in [5.74, 6) is 8.14. The summed E-state index contributed by atoms with van der Waals surface area (Å²) in [4.78, 5) is 4.38. The van der Waals surface area contributed by atoms with Crippen LogP contribution in [0.1, 0.15) is 32.5 Å². The number of halogens is 2. The van der Waals surface area contributed by atoms with Gasteiger partial charge in [0.1, 0.15) is 0 Å². The third kappa shape index (κ3) is 3.91. The van der Waals surface area contributed by atoms with Crippen LogP contribution in [-0.2, 0) is 11.2 Å². The molecule has 0 aliphatic heterocycles. The average molecular weight is 399 g/mol. The van der Waals surface area contributed by atoms with Gasteiger partial charge in [0, 0.05) is 16.0 Å². The Bertz CT molecular complexity index is 902. The Morgan fingerprint density at radius 2 is 2.00 bits per heavy atom. The van der Waals surface area contributed by atoms with Crippen LogP contribution in [0.5, 0.6) is 0 Å². The van der Waals surface area contributed by atoms with Crippen LogP contribution in [0, 0.1) is 0 Å². The van der Waals surface area contributed by atoms with Crippen molar-refractivity contribution >= 4 is 35.0 Å². The summed E-state index contributed by atoms with van der Waals surface area (Å²) in [5.41, 5.74) is 0.486. The largest absolute Gasteiger partial charge is 0.338 e. The van der Waals surface area contributed by atoms with Gasteiger partial charge in [-0.15, -0.1) is 10.2 Å². The number of hydrogen-bond donors (Lipinski definition) is 1. The minimum atomic E-state index is -0.168. The molecule has 0 saturated heterocycles. The van der Waals surface area contributed by atoms with E-state index < -0.39 is 0 Å². The van der Waals surface area contributed by atoms with Crippen LogP contribution >= 0.6 is 35.0 Å². The van der Waals surface area contributed by atoms with E-state index in [9.17, 15) is 0 Å². The van der Waals surface area contributed by atoms with Crippen LogP contribution in [0.15, 0.2) is 27.9 Å². The zero-order chi connectivity index (χ0) is 18.2. The highest BCUT2D eigenvalue weighted by atomic mass is 35.5. The van der Waals surface area contributed by atoms with Gasteiger partial charge < -0.3 is 10.4 Å². The molecule has 10 heteroatoms. The number of thioether (sulfide) groups is 1. The van der Waals surface area contributed by atoms with E-state index in [1.165, 1.54) is 16.4 Å². The predicted molar refractivity (Wildman–Crippen MR) is 98.2 cm³/mol. The fourth-order valence-electron chi connectivity index (χ4n) is 1.97. The van der Waals surface area contributed by atoms with E-state index in [2.05, 4.69) is 20.3 Å². The van der Waals surface area contributed by atoms with Crippen LogP contribution < -0.4 is 5.84 Å². The van der Waals surface area contributed by atoms with Gasteiger partial charge in [-0.1, -0.05) is 60.9 Å². The van der Waals surface area contributed by atoms with E-state index in [-0.39, 0.29) is 5.41 Å². The number of nitrogens with two attached hydrogens (primary N) is 1. The van der Waals surface area contributed by atoms with Crippen molar-refractivity contribution in [2.24, 2.45) is 0 Å². The lowest BCUT2D eigenvalue weighted by molar-refractivity contribution is 0.372. The molecule has 0 amide bonds. The molecule has 0 aliphatic carbocycles. The number of benzene rings is 1. The van der Waals surface area contributed by atoms with E-state index >= 15 is 0 Å². The van der Waals surface area contributed by atoms with Gasteiger partial charge in [-0.3, -0.25) is 0 Å². The molecule has 0 spiro atoms. The third-order valence-corrected chi connectivity index (χ3v) is 4.78. The van der Waals surface area contributed by atoms with Crippen molar-refractivity contribution in [1.82, 2.24) is 25.0 Å². The molecule has 2 aromatic heterocycles. The van der Waals surface area contributed by atoms with Crippen molar-refractivity contribution in [3.8, 4) is 11.4 Å². The van der Waals surface area contributed by atoms with Crippen LogP contribution in [0.2, 0.25) is 10.0 Å². The number of rotatable bonds is 4. The quantitative estimate of drug-likeness (QED) is 0.524. The minimum Gasteiger partial charge on any atom is -0.338 e. The zero-order valence-electron chi connectivity index (χ0n) is 13.8. The second-order valence-corrected chi connectivity index (χ2v) is 8.14. The van der Waals surface area contributed by atoms with Crippen molar-refractivity contribution in [3.05, 3.63) is 40.0 Å². The van der Waals surface area contributed by atoms with Gasteiger partial charge in [-0.2, -0.15) is 4.98 Å². The Hall–Kier alpha value is -1.77. The fourth-order valence-corrected chi connectivity index (χ4v) is 3.16. The van der Waals surface area contributed by atoms with Crippen molar-refractivity contribution in [3.63, 3.8) is 0 Å². The fraction of sp³-hybridized carbons (Fsp3) is 0.333. The van der Waals surface area contributed by atoms with E-state index in [0.717, 1.165) is 0 Å². The summed E-state index contributed by atoms with van der Waals surface area (Å²) >= 11 is 13.5. The molecule has 2 N–H and O–H groups in total. The standard InChI is InChI=1S/C15H16Cl2N6OS/c1-15(2,3)13-19-11(24-22-13)7-25-14-21-20-12(23(14)18)9-5-4-8(16)6-10(9)17/h4-6H,7,18H2,1-3H3. The minimum absolute atomic E-state index is 0.168. The van der Waals surface area contributed by atoms with E-state index in [1.54, 1.807) is 18.2 Å². The van der Waals surface area contributed by atoms with Crippen LogP contribution in [0.4, 0.5) is 0 Å². The summed E-state index contributed by atoms with van der Waals surface area (Å²) < 4.78 is 6.64. The molecule has 0 radical (unpaired) electrons. The molecule has 0 fully saturated rings. The molecule has 7 nitrogen and oxygen atoms in total. The van der Waals surface area contributed by atoms with E-state index in [1.807, 2.05) is 20.8 Å². The first-order valence-corrected chi connectivity index (χ1v) is 9.11. The molecular weight excluding hydrogens is 383 g/mol. The number of nitrogen functional groups attached to an aromatic ring is 1. The Morgan fingerprint density at radius 1 is 1.24 bits per heavy atom. The maximum Gasteiger partial charge on any atom is 0.237 e. The molecule has 3 rings (SSSR count). The number of nitrogens with zero attached hydrogens (tertiary/aromatic N) is 5. The zero-order valence-corrected chi connectivity index (χ0v) is 16.2. The van der Waals surface area contributed by atoms with Crippen molar-refractivity contribution in [2.75, 3.05) is 5.84 Å². The molecule has 0 saturated carbocycles. The topological polar surface area (TPSA) is 95.7 Å². The Morgan fingerprint density at radius 3 is 2.64 bits per heavy atom. The summed E-state index contributed by atoms with van der Waals surface area (Å²) in [6.07, 6.45) is 0. The highest BCUT2D eigenvalue weighted by Crippen LogP contribution is 2.31. The van der Waals surface area contributed by atoms with Gasteiger partial charge in [0.15, 0.2) is 11.6 Å². The lowest BCUT2D eigenvalue weighted by Crippen LogP contribution is -2.13. The smallest absolute Gasteiger partial charge is 0.237 e. The van der Waals surface area contributed by atoms with Crippen molar-refractivity contribution < 1.29 is 4.52 Å². The number of hydrogen-bond acceptors (Lipinski definition) is 7. The average Bonchev–Trinajstić information content (AvgIpc) is 3.13. The Kier molecular flexibility index (Phi) is 4.95. The molecule has 3 aromatic rings. The van der Waals surface area contributed by atoms with Gasteiger partial charge in [-0.05, 0) is 18.2 Å². The maximum atomic E-state index is 6.20. The highest BCUT2D eigenvalue weighted by molar-refractivity contribution is 7.98. The van der Waals surface area contributed by atoms with Gasteiger partial charge in [-0.25, -0.2) is 4.68 Å². The second kappa shape index (κ2) is 6.86. The molecule has 25 heavy (non-hydrogen) atoms. The van der Waals surface area contributed by atoms with Gasteiger partial charge in [0.25, 0.3) is 0 Å². The second-order valence-electron chi connectivity index (χ2n) is 6.35. The predicted octanol–water partition coefficient (Wildman–Crippen LogP) is 3.94. The summed E-state index contributed by atoms with van der Waals surface area (Å²) in [5, 5.41) is 13.7. The molecule has 132 valence electrons. The first-order valence-electron chi connectivity index (χ1n) is 7.37. The summed E-state index contributed by atoms with van der Waals surface area (Å²) in [6.45, 7) is 6.06. The summed E-state index contributed by atoms with van der Waals surface area (Å²) in [7, 11) is 0. The first kappa shape index (κ1) is 18.0. The van der Waals surface area contributed by atoms with Gasteiger partial charge in [0.2, 0.25) is 11.0 Å². The van der Waals surface area contributed by atoms with Crippen LogP contribution in [0.3, 0.4) is 0 Å². The first-order chi connectivity index (χ1) is 11.8. The Balaban J connectivity index is 1.77. The molecule has 0 atom stereocenters. The maximum absolute atomic E-state index is 6.20. The lowest BCUT2D eigenvalue weighted by Gasteiger charge is -2.10. The molecular formula is C15H16Cl2N6OS. The normalized spacial score (nSPS) is 11.9. The SMILES string of the molecule is CC(C)(C)c1noc(CSc2nnc(-c3ccc(Cl)cc3Cl)n2N)n1. The van der Waals surface area contributed by atoms with Gasteiger partial charge in [0.05, 0.1) is 10.8 Å². The third-order valence-electron chi connectivity index (χ3n) is 3.30. The molecule has 0 aliphatic rings. The molecule has 1 aromatic carbocycles. The van der Waals surface area contributed by atoms with Crippen molar-refractivity contribution in [2.45, 2.75) is 37.1 Å². The monoisotopic (exact) mass is 398 g/mol. The van der Waals surface area contributed by atoms with Crippen molar-refractivity contribution in [1.29, 1.82) is 0 Å². The number of aromatic nitrogens is 5. The van der Waals surface area contributed by atoms with Crippen LogP contribution in [-0.4, -0.2) is 25.0 Å². The summed E-state index contributed by atoms with van der Waals surface area (Å²) in [6, 6.07) is 5.10. The van der Waals surface area contributed by atoms with Crippen LogP contribution in [0.25, 0.3) is 11.4 Å². The highest BCUT2D eigenvalue weighted by Gasteiger charge is 2.21. The van der Waals surface area contributed by atoms with E-state index in [4.69, 9.17) is 33.6 Å². The van der Waals surface area contributed by atoms with E-state index in [0.29, 0.717) is 44.1 Å². The molecule has 0 bridgehead atoms. The molecule has 2 heterocycles.